The Morgan fingerprint density at radius 1 is 0.857 bits per heavy atom. The van der Waals surface area contributed by atoms with Gasteiger partial charge in [-0.3, -0.25) is 14.9 Å². The lowest BCUT2D eigenvalue weighted by molar-refractivity contribution is -0.122. The predicted octanol–water partition coefficient (Wildman–Crippen LogP) is 5.37. The number of benzene rings is 3. The Bertz CT molecular complexity index is 1250. The lowest BCUT2D eigenvalue weighted by Crippen LogP contribution is -2.54. The molecule has 0 atom stereocenters. The summed E-state index contributed by atoms with van der Waals surface area (Å²) in [6.07, 6.45) is 2.30. The first-order valence-corrected chi connectivity index (χ1v) is 11.4. The highest BCUT2D eigenvalue weighted by Gasteiger charge is 2.36. The number of amides is 4. The summed E-state index contributed by atoms with van der Waals surface area (Å²) < 4.78 is 11.3. The van der Waals surface area contributed by atoms with E-state index in [2.05, 4.69) is 5.32 Å². The first-order valence-electron chi connectivity index (χ1n) is 11.1. The smallest absolute Gasteiger partial charge is 0.335 e. The van der Waals surface area contributed by atoms with E-state index in [1.165, 1.54) is 6.08 Å². The van der Waals surface area contributed by atoms with Gasteiger partial charge < -0.3 is 9.47 Å². The lowest BCUT2D eigenvalue weighted by atomic mass is 10.1. The summed E-state index contributed by atoms with van der Waals surface area (Å²) in [7, 11) is 0. The van der Waals surface area contributed by atoms with E-state index in [0.717, 1.165) is 16.9 Å². The van der Waals surface area contributed by atoms with Crippen molar-refractivity contribution in [3.63, 3.8) is 0 Å². The molecular formula is C27H23ClN2O5. The Morgan fingerprint density at radius 2 is 1.49 bits per heavy atom. The second kappa shape index (κ2) is 10.9. The Kier molecular flexibility index (Phi) is 7.48. The van der Waals surface area contributed by atoms with Crippen molar-refractivity contribution in [2.24, 2.45) is 0 Å². The Labute approximate surface area is 207 Å². The lowest BCUT2D eigenvalue weighted by Gasteiger charge is -2.26. The highest BCUT2D eigenvalue weighted by atomic mass is 35.5. The van der Waals surface area contributed by atoms with E-state index in [9.17, 15) is 14.4 Å². The number of carbonyl (C=O) groups is 3. The Hall–Kier alpha value is -4.10. The first-order chi connectivity index (χ1) is 16.9. The van der Waals surface area contributed by atoms with Crippen LogP contribution >= 0.6 is 11.6 Å². The van der Waals surface area contributed by atoms with Crippen molar-refractivity contribution >= 4 is 41.2 Å². The zero-order valence-electron chi connectivity index (χ0n) is 19.0. The van der Waals surface area contributed by atoms with Gasteiger partial charge in [-0.25, -0.2) is 9.69 Å². The molecule has 0 aliphatic carbocycles. The molecule has 1 aliphatic heterocycles. The summed E-state index contributed by atoms with van der Waals surface area (Å²) in [4.78, 5) is 38.8. The zero-order chi connectivity index (χ0) is 24.8. The SMILES string of the molecule is CCCOc1ccc(N2C(=O)NC(=O)/C(=C/c3ccc(OCc4ccc(Cl)cc4)cc3)C2=O)cc1. The van der Waals surface area contributed by atoms with E-state index < -0.39 is 17.8 Å². The van der Waals surface area contributed by atoms with Gasteiger partial charge in [0.25, 0.3) is 11.8 Å². The van der Waals surface area contributed by atoms with Gasteiger partial charge in [0.05, 0.1) is 12.3 Å². The van der Waals surface area contributed by atoms with Gasteiger partial charge in [-0.2, -0.15) is 0 Å². The van der Waals surface area contributed by atoms with Gasteiger partial charge in [-0.05, 0) is 72.2 Å². The first kappa shape index (κ1) is 24.0. The minimum atomic E-state index is -0.801. The van der Waals surface area contributed by atoms with Crippen LogP contribution in [0.5, 0.6) is 11.5 Å². The molecule has 3 aromatic carbocycles. The molecule has 1 N–H and O–H groups in total. The second-order valence-electron chi connectivity index (χ2n) is 7.78. The summed E-state index contributed by atoms with van der Waals surface area (Å²) in [5.74, 6) is -0.194. The van der Waals surface area contributed by atoms with Crippen LogP contribution in [-0.4, -0.2) is 24.5 Å². The van der Waals surface area contributed by atoms with Crippen molar-refractivity contribution in [3.05, 3.63) is 94.5 Å². The molecule has 4 rings (SSSR count). The Morgan fingerprint density at radius 3 is 2.14 bits per heavy atom. The molecule has 7 nitrogen and oxygen atoms in total. The van der Waals surface area contributed by atoms with Crippen LogP contribution in [0.25, 0.3) is 6.08 Å². The van der Waals surface area contributed by atoms with Crippen LogP contribution < -0.4 is 19.7 Å². The number of halogens is 1. The molecule has 1 heterocycles. The number of nitrogens with zero attached hydrogens (tertiary/aromatic N) is 1. The molecule has 0 aromatic heterocycles. The van der Waals surface area contributed by atoms with Crippen molar-refractivity contribution < 1.29 is 23.9 Å². The van der Waals surface area contributed by atoms with E-state index in [4.69, 9.17) is 21.1 Å². The third kappa shape index (κ3) is 5.88. The molecule has 0 bridgehead atoms. The summed E-state index contributed by atoms with van der Waals surface area (Å²) in [5, 5.41) is 2.88. The van der Waals surface area contributed by atoms with Crippen LogP contribution in [0.1, 0.15) is 24.5 Å². The summed E-state index contributed by atoms with van der Waals surface area (Å²) >= 11 is 5.90. The van der Waals surface area contributed by atoms with Gasteiger partial charge in [0.2, 0.25) is 0 Å². The summed E-state index contributed by atoms with van der Waals surface area (Å²) in [6, 6.07) is 20.0. The standard InChI is InChI=1S/C27H23ClN2O5/c1-2-15-34-22-13-9-21(10-14-22)30-26(32)24(25(31)29-27(30)33)16-18-5-11-23(12-6-18)35-17-19-3-7-20(28)8-4-19/h3-14,16H,2,15,17H2,1H3,(H,29,31,33)/b24-16-. The number of barbiturate groups is 1. The normalized spacial score (nSPS) is 14.7. The number of carbonyl (C=O) groups excluding carboxylic acids is 3. The van der Waals surface area contributed by atoms with E-state index >= 15 is 0 Å². The number of hydrogen-bond acceptors (Lipinski definition) is 5. The molecule has 8 heteroatoms. The largest absolute Gasteiger partial charge is 0.494 e. The van der Waals surface area contributed by atoms with Crippen LogP contribution in [0.3, 0.4) is 0 Å². The number of hydrogen-bond donors (Lipinski definition) is 1. The van der Waals surface area contributed by atoms with Crippen molar-refractivity contribution in [1.82, 2.24) is 5.32 Å². The van der Waals surface area contributed by atoms with Crippen molar-refractivity contribution in [1.29, 1.82) is 0 Å². The highest BCUT2D eigenvalue weighted by molar-refractivity contribution is 6.39. The fourth-order valence-electron chi connectivity index (χ4n) is 3.38. The zero-order valence-corrected chi connectivity index (χ0v) is 19.7. The molecule has 1 aliphatic rings. The summed E-state index contributed by atoms with van der Waals surface area (Å²) in [6.45, 7) is 2.94. The van der Waals surface area contributed by atoms with Crippen LogP contribution in [0.15, 0.2) is 78.4 Å². The maximum atomic E-state index is 13.1. The van der Waals surface area contributed by atoms with Gasteiger partial charge in [0.1, 0.15) is 23.7 Å². The molecule has 0 spiro atoms. The quantitative estimate of drug-likeness (QED) is 0.339. The van der Waals surface area contributed by atoms with E-state index in [1.807, 2.05) is 19.1 Å². The number of anilines is 1. The molecule has 0 radical (unpaired) electrons. The molecule has 4 amide bonds. The summed E-state index contributed by atoms with van der Waals surface area (Å²) in [5.41, 5.74) is 1.77. The molecule has 1 fully saturated rings. The average molecular weight is 491 g/mol. The van der Waals surface area contributed by atoms with Crippen LogP contribution in [0.2, 0.25) is 5.02 Å². The molecular weight excluding hydrogens is 468 g/mol. The van der Waals surface area contributed by atoms with Crippen LogP contribution in [0.4, 0.5) is 10.5 Å². The maximum Gasteiger partial charge on any atom is 0.335 e. The minimum Gasteiger partial charge on any atom is -0.494 e. The number of imide groups is 2. The number of ether oxygens (including phenoxy) is 2. The molecule has 35 heavy (non-hydrogen) atoms. The van der Waals surface area contributed by atoms with E-state index in [0.29, 0.717) is 41.0 Å². The van der Waals surface area contributed by atoms with Gasteiger partial charge in [-0.15, -0.1) is 0 Å². The maximum absolute atomic E-state index is 13.1. The van der Waals surface area contributed by atoms with Crippen molar-refractivity contribution in [3.8, 4) is 11.5 Å². The second-order valence-corrected chi connectivity index (χ2v) is 8.22. The molecule has 0 saturated carbocycles. The van der Waals surface area contributed by atoms with Crippen LogP contribution in [0, 0.1) is 0 Å². The van der Waals surface area contributed by atoms with Gasteiger partial charge in [0.15, 0.2) is 0 Å². The van der Waals surface area contributed by atoms with Crippen LogP contribution in [-0.2, 0) is 16.2 Å². The average Bonchev–Trinajstić information content (AvgIpc) is 2.86. The number of urea groups is 1. The monoisotopic (exact) mass is 490 g/mol. The molecule has 0 unspecified atom stereocenters. The minimum absolute atomic E-state index is 0.147. The predicted molar refractivity (Wildman–Crippen MR) is 133 cm³/mol. The molecule has 3 aromatic rings. The highest BCUT2D eigenvalue weighted by Crippen LogP contribution is 2.25. The topological polar surface area (TPSA) is 84.9 Å². The number of rotatable bonds is 8. The molecule has 1 saturated heterocycles. The van der Waals surface area contributed by atoms with Crippen molar-refractivity contribution in [2.45, 2.75) is 20.0 Å². The van der Waals surface area contributed by atoms with Crippen molar-refractivity contribution in [2.75, 3.05) is 11.5 Å². The van der Waals surface area contributed by atoms with Gasteiger partial charge in [0, 0.05) is 5.02 Å². The molecule has 178 valence electrons. The fourth-order valence-corrected chi connectivity index (χ4v) is 3.50. The van der Waals surface area contributed by atoms with E-state index in [1.54, 1.807) is 60.7 Å². The van der Waals surface area contributed by atoms with Gasteiger partial charge >= 0.3 is 6.03 Å². The fraction of sp³-hybridized carbons (Fsp3) is 0.148. The third-order valence-electron chi connectivity index (χ3n) is 5.18. The van der Waals surface area contributed by atoms with E-state index in [-0.39, 0.29) is 5.57 Å². The van der Waals surface area contributed by atoms with Gasteiger partial charge in [-0.1, -0.05) is 42.8 Å². The third-order valence-corrected chi connectivity index (χ3v) is 5.43. The Balaban J connectivity index is 1.47. The number of nitrogens with one attached hydrogen (secondary N) is 1.